The first-order valence-electron chi connectivity index (χ1n) is 7.40. The minimum atomic E-state index is -0.444. The van der Waals surface area contributed by atoms with Gasteiger partial charge in [0.25, 0.3) is 0 Å². The van der Waals surface area contributed by atoms with Gasteiger partial charge in [-0.3, -0.25) is 0 Å². The van der Waals surface area contributed by atoms with E-state index in [9.17, 15) is 5.11 Å². The molecule has 1 spiro atoms. The first kappa shape index (κ1) is 13.7. The Morgan fingerprint density at radius 2 is 2.05 bits per heavy atom. The molecule has 0 amide bonds. The predicted octanol–water partition coefficient (Wildman–Crippen LogP) is 3.71. The fraction of sp³-hybridized carbons (Fsp3) is 0.647. The van der Waals surface area contributed by atoms with E-state index >= 15 is 0 Å². The highest BCUT2D eigenvalue weighted by Crippen LogP contribution is 2.56. The van der Waals surface area contributed by atoms with Crippen molar-refractivity contribution in [1.29, 1.82) is 0 Å². The molecular weight excluding hydrogens is 252 g/mol. The minimum absolute atomic E-state index is 0.234. The molecule has 20 heavy (non-hydrogen) atoms. The average Bonchev–Trinajstić information content (AvgIpc) is 2.57. The quantitative estimate of drug-likeness (QED) is 0.850. The maximum atomic E-state index is 10.5. The molecule has 0 saturated heterocycles. The molecule has 1 heterocycles. The zero-order valence-electron chi connectivity index (χ0n) is 12.8. The van der Waals surface area contributed by atoms with E-state index in [1.54, 1.807) is 7.11 Å². The Morgan fingerprint density at radius 1 is 1.30 bits per heavy atom. The second-order valence-corrected chi connectivity index (χ2v) is 7.24. The van der Waals surface area contributed by atoms with Gasteiger partial charge in [-0.2, -0.15) is 0 Å². The summed E-state index contributed by atoms with van der Waals surface area (Å²) >= 11 is 0. The Labute approximate surface area is 120 Å². The molecule has 0 aromatic heterocycles. The summed E-state index contributed by atoms with van der Waals surface area (Å²) in [4.78, 5) is 0. The van der Waals surface area contributed by atoms with Crippen LogP contribution in [0.5, 0.6) is 11.5 Å². The van der Waals surface area contributed by atoms with Crippen molar-refractivity contribution in [3.8, 4) is 11.5 Å². The highest BCUT2D eigenvalue weighted by atomic mass is 16.5. The number of fused-ring (bicyclic) bond motifs is 1. The summed E-state index contributed by atoms with van der Waals surface area (Å²) < 4.78 is 11.7. The average molecular weight is 276 g/mol. The van der Waals surface area contributed by atoms with Crippen LogP contribution < -0.4 is 9.47 Å². The lowest BCUT2D eigenvalue weighted by Crippen LogP contribution is -2.43. The fourth-order valence-electron chi connectivity index (χ4n) is 4.18. The summed E-state index contributed by atoms with van der Waals surface area (Å²) in [6.45, 7) is 6.82. The normalized spacial score (nSPS) is 34.6. The maximum Gasteiger partial charge on any atom is 0.129 e. The Hall–Kier alpha value is -1.22. The van der Waals surface area contributed by atoms with Crippen molar-refractivity contribution in [3.63, 3.8) is 0 Å². The van der Waals surface area contributed by atoms with E-state index in [-0.39, 0.29) is 11.0 Å². The lowest BCUT2D eigenvalue weighted by molar-refractivity contribution is -0.0393. The van der Waals surface area contributed by atoms with Crippen LogP contribution in [0.2, 0.25) is 0 Å². The second kappa shape index (κ2) is 4.39. The van der Waals surface area contributed by atoms with Gasteiger partial charge in [0.1, 0.15) is 17.1 Å². The van der Waals surface area contributed by atoms with Gasteiger partial charge >= 0.3 is 0 Å². The van der Waals surface area contributed by atoms with Crippen molar-refractivity contribution >= 4 is 0 Å². The molecule has 1 aromatic carbocycles. The molecule has 2 aliphatic rings. The van der Waals surface area contributed by atoms with Crippen LogP contribution in [0.3, 0.4) is 0 Å². The molecule has 3 nitrogen and oxygen atoms in total. The first-order chi connectivity index (χ1) is 9.35. The maximum absolute atomic E-state index is 10.5. The van der Waals surface area contributed by atoms with Crippen molar-refractivity contribution in [3.05, 3.63) is 23.8 Å². The minimum Gasteiger partial charge on any atom is -0.497 e. The Bertz CT molecular complexity index is 523. The highest BCUT2D eigenvalue weighted by Gasteiger charge is 2.53. The van der Waals surface area contributed by atoms with Gasteiger partial charge in [0.05, 0.1) is 13.2 Å². The van der Waals surface area contributed by atoms with E-state index in [1.807, 2.05) is 18.2 Å². The Balaban J connectivity index is 1.99. The standard InChI is InChI=1S/C17H24O3/c1-11-8-16(2,3)10-17(11)9-14(18)13-6-5-12(19-4)7-15(13)20-17/h5-7,11,14,18H,8-10H2,1-4H3. The first-order valence-corrected chi connectivity index (χ1v) is 7.40. The van der Waals surface area contributed by atoms with Crippen LogP contribution in [0.1, 0.15) is 51.7 Å². The molecule has 0 radical (unpaired) electrons. The molecule has 3 atom stereocenters. The summed E-state index contributed by atoms with van der Waals surface area (Å²) in [7, 11) is 1.65. The van der Waals surface area contributed by atoms with Crippen molar-refractivity contribution in [2.24, 2.45) is 11.3 Å². The predicted molar refractivity (Wildman–Crippen MR) is 78.1 cm³/mol. The van der Waals surface area contributed by atoms with Gasteiger partial charge in [0.15, 0.2) is 0 Å². The van der Waals surface area contributed by atoms with Gasteiger partial charge < -0.3 is 14.6 Å². The number of benzene rings is 1. The molecule has 0 bridgehead atoms. The van der Waals surface area contributed by atoms with Crippen LogP contribution in [0.4, 0.5) is 0 Å². The van der Waals surface area contributed by atoms with Gasteiger partial charge in [0, 0.05) is 18.1 Å². The number of rotatable bonds is 1. The van der Waals surface area contributed by atoms with E-state index < -0.39 is 6.10 Å². The molecule has 1 aliphatic carbocycles. The third kappa shape index (κ3) is 2.08. The molecule has 1 saturated carbocycles. The SMILES string of the molecule is COc1ccc2c(c1)OC1(CC2O)CC(C)(C)CC1C. The summed E-state index contributed by atoms with van der Waals surface area (Å²) in [5.74, 6) is 2.01. The molecule has 1 N–H and O–H groups in total. The number of methoxy groups -OCH3 is 1. The van der Waals surface area contributed by atoms with Gasteiger partial charge in [0.2, 0.25) is 0 Å². The van der Waals surface area contributed by atoms with Crippen LogP contribution in [0.15, 0.2) is 18.2 Å². The Kier molecular flexibility index (Phi) is 3.02. The van der Waals surface area contributed by atoms with E-state index in [0.717, 1.165) is 29.9 Å². The van der Waals surface area contributed by atoms with Crippen LogP contribution in [-0.4, -0.2) is 17.8 Å². The van der Waals surface area contributed by atoms with Crippen molar-refractivity contribution in [2.75, 3.05) is 7.11 Å². The highest BCUT2D eigenvalue weighted by molar-refractivity contribution is 5.44. The zero-order valence-corrected chi connectivity index (χ0v) is 12.8. The molecule has 3 heteroatoms. The molecule has 1 aliphatic heterocycles. The van der Waals surface area contributed by atoms with Crippen LogP contribution >= 0.6 is 0 Å². The molecular formula is C17H24O3. The van der Waals surface area contributed by atoms with Crippen LogP contribution in [0, 0.1) is 11.3 Å². The third-order valence-corrected chi connectivity index (χ3v) is 4.97. The van der Waals surface area contributed by atoms with Gasteiger partial charge in [-0.25, -0.2) is 0 Å². The molecule has 1 aromatic rings. The van der Waals surface area contributed by atoms with Crippen molar-refractivity contribution in [2.45, 2.75) is 51.7 Å². The van der Waals surface area contributed by atoms with E-state index in [2.05, 4.69) is 20.8 Å². The van der Waals surface area contributed by atoms with E-state index in [4.69, 9.17) is 9.47 Å². The fourth-order valence-corrected chi connectivity index (χ4v) is 4.18. The lowest BCUT2D eigenvalue weighted by Gasteiger charge is -2.41. The van der Waals surface area contributed by atoms with Gasteiger partial charge in [-0.15, -0.1) is 0 Å². The largest absolute Gasteiger partial charge is 0.497 e. The number of hydrogen-bond acceptors (Lipinski definition) is 3. The van der Waals surface area contributed by atoms with Crippen LogP contribution in [0.25, 0.3) is 0 Å². The number of ether oxygens (including phenoxy) is 2. The summed E-state index contributed by atoms with van der Waals surface area (Å²) in [5.41, 5.74) is 0.922. The number of aliphatic hydroxyl groups excluding tert-OH is 1. The number of hydrogen-bond donors (Lipinski definition) is 1. The molecule has 1 fully saturated rings. The van der Waals surface area contributed by atoms with Crippen molar-refractivity contribution in [1.82, 2.24) is 0 Å². The Morgan fingerprint density at radius 3 is 2.65 bits per heavy atom. The molecule has 3 rings (SSSR count). The van der Waals surface area contributed by atoms with Crippen molar-refractivity contribution < 1.29 is 14.6 Å². The summed E-state index contributed by atoms with van der Waals surface area (Å²) in [6, 6.07) is 5.69. The van der Waals surface area contributed by atoms with E-state index in [1.165, 1.54) is 0 Å². The van der Waals surface area contributed by atoms with Gasteiger partial charge in [-0.05, 0) is 36.3 Å². The third-order valence-electron chi connectivity index (χ3n) is 4.97. The lowest BCUT2D eigenvalue weighted by atomic mass is 9.81. The van der Waals surface area contributed by atoms with Gasteiger partial charge in [-0.1, -0.05) is 20.8 Å². The van der Waals surface area contributed by atoms with E-state index in [0.29, 0.717) is 12.3 Å². The summed E-state index contributed by atoms with van der Waals surface area (Å²) in [6.07, 6.45) is 2.38. The number of aliphatic hydroxyl groups is 1. The monoisotopic (exact) mass is 276 g/mol. The molecule has 3 unspecified atom stereocenters. The molecule has 110 valence electrons. The smallest absolute Gasteiger partial charge is 0.129 e. The topological polar surface area (TPSA) is 38.7 Å². The second-order valence-electron chi connectivity index (χ2n) is 7.24. The van der Waals surface area contributed by atoms with Crippen LogP contribution in [-0.2, 0) is 0 Å². The zero-order chi connectivity index (χ0) is 14.5. The summed E-state index contributed by atoms with van der Waals surface area (Å²) in [5, 5.41) is 10.5.